The maximum absolute atomic E-state index is 4.73. The average Bonchev–Trinajstić information content (AvgIpc) is 2.80. The summed E-state index contributed by atoms with van der Waals surface area (Å²) >= 11 is 2.11. The molecule has 3 heterocycles. The molecule has 0 radical (unpaired) electrons. The van der Waals surface area contributed by atoms with Crippen molar-refractivity contribution in [2.24, 2.45) is 16.8 Å². The Morgan fingerprint density at radius 1 is 1.28 bits per heavy atom. The van der Waals surface area contributed by atoms with Crippen molar-refractivity contribution in [3.8, 4) is 0 Å². The maximum Gasteiger partial charge on any atom is 0.194 e. The molecule has 2 saturated heterocycles. The van der Waals surface area contributed by atoms with Gasteiger partial charge < -0.3 is 10.2 Å². The van der Waals surface area contributed by atoms with E-state index < -0.39 is 0 Å². The minimum atomic E-state index is 0.700. The molecule has 0 spiro atoms. The molecule has 2 unspecified atom stereocenters. The second-order valence-corrected chi connectivity index (χ2v) is 7.31. The first-order valence-corrected chi connectivity index (χ1v) is 8.61. The van der Waals surface area contributed by atoms with E-state index in [1.54, 1.807) is 0 Å². The normalized spacial score (nSPS) is 33.2. The van der Waals surface area contributed by atoms with Gasteiger partial charge in [0.2, 0.25) is 0 Å². The van der Waals surface area contributed by atoms with E-state index in [9.17, 15) is 0 Å². The Balaban J connectivity index is 1.50. The predicted molar refractivity (Wildman–Crippen MR) is 79.2 cm³/mol. The SMILES string of the molecule is CC1CCC2CN=C(NCC3CCSCC3)N2C1. The van der Waals surface area contributed by atoms with Gasteiger partial charge in [0.1, 0.15) is 0 Å². The Bertz CT molecular complexity index is 312. The number of rotatable bonds is 2. The summed E-state index contributed by atoms with van der Waals surface area (Å²) < 4.78 is 0. The number of nitrogens with zero attached hydrogens (tertiary/aromatic N) is 2. The van der Waals surface area contributed by atoms with E-state index in [0.717, 1.165) is 24.9 Å². The van der Waals surface area contributed by atoms with Crippen LogP contribution in [-0.4, -0.2) is 48.0 Å². The molecule has 3 aliphatic rings. The highest BCUT2D eigenvalue weighted by Gasteiger charge is 2.32. The summed E-state index contributed by atoms with van der Waals surface area (Å²) in [5, 5.41) is 3.64. The first-order valence-electron chi connectivity index (χ1n) is 7.45. The van der Waals surface area contributed by atoms with Gasteiger partial charge in [0.15, 0.2) is 5.96 Å². The van der Waals surface area contributed by atoms with Crippen LogP contribution in [0.15, 0.2) is 4.99 Å². The van der Waals surface area contributed by atoms with E-state index >= 15 is 0 Å². The van der Waals surface area contributed by atoms with Gasteiger partial charge in [-0.2, -0.15) is 11.8 Å². The lowest BCUT2D eigenvalue weighted by Crippen LogP contribution is -2.49. The zero-order valence-corrected chi connectivity index (χ0v) is 12.2. The highest BCUT2D eigenvalue weighted by Crippen LogP contribution is 2.26. The van der Waals surface area contributed by atoms with Gasteiger partial charge in [-0.15, -0.1) is 0 Å². The van der Waals surface area contributed by atoms with Crippen LogP contribution in [0.25, 0.3) is 0 Å². The van der Waals surface area contributed by atoms with E-state index in [0.29, 0.717) is 6.04 Å². The van der Waals surface area contributed by atoms with Crippen molar-refractivity contribution < 1.29 is 0 Å². The largest absolute Gasteiger partial charge is 0.356 e. The summed E-state index contributed by atoms with van der Waals surface area (Å²) in [6.07, 6.45) is 5.47. The second kappa shape index (κ2) is 5.72. The van der Waals surface area contributed by atoms with Crippen LogP contribution >= 0.6 is 11.8 Å². The van der Waals surface area contributed by atoms with Gasteiger partial charge >= 0.3 is 0 Å². The first-order chi connectivity index (χ1) is 8.83. The molecular formula is C14H25N3S. The topological polar surface area (TPSA) is 27.6 Å². The van der Waals surface area contributed by atoms with Gasteiger partial charge in [0, 0.05) is 13.1 Å². The number of piperidine rings is 1. The first kappa shape index (κ1) is 12.6. The highest BCUT2D eigenvalue weighted by molar-refractivity contribution is 7.99. The van der Waals surface area contributed by atoms with Crippen LogP contribution in [0.4, 0.5) is 0 Å². The van der Waals surface area contributed by atoms with Crippen LogP contribution in [0.5, 0.6) is 0 Å². The van der Waals surface area contributed by atoms with Crippen LogP contribution in [-0.2, 0) is 0 Å². The van der Waals surface area contributed by atoms with Gasteiger partial charge in [-0.25, -0.2) is 0 Å². The van der Waals surface area contributed by atoms with E-state index in [-0.39, 0.29) is 0 Å². The Labute approximate surface area is 115 Å². The van der Waals surface area contributed by atoms with E-state index in [1.165, 1.54) is 49.7 Å². The Hall–Kier alpha value is -0.380. The molecule has 0 aromatic carbocycles. The molecule has 4 heteroatoms. The van der Waals surface area contributed by atoms with Crippen LogP contribution in [0.3, 0.4) is 0 Å². The minimum Gasteiger partial charge on any atom is -0.356 e. The molecule has 1 N–H and O–H groups in total. The van der Waals surface area contributed by atoms with Crippen molar-refractivity contribution in [1.82, 2.24) is 10.2 Å². The zero-order valence-electron chi connectivity index (χ0n) is 11.4. The molecule has 0 bridgehead atoms. The third kappa shape index (κ3) is 2.79. The van der Waals surface area contributed by atoms with Gasteiger partial charge in [0.25, 0.3) is 0 Å². The molecule has 0 aliphatic carbocycles. The number of thioether (sulfide) groups is 1. The highest BCUT2D eigenvalue weighted by atomic mass is 32.2. The summed E-state index contributed by atoms with van der Waals surface area (Å²) in [7, 11) is 0. The van der Waals surface area contributed by atoms with Crippen molar-refractivity contribution in [3.63, 3.8) is 0 Å². The molecule has 3 nitrogen and oxygen atoms in total. The minimum absolute atomic E-state index is 0.700. The predicted octanol–water partition coefficient (Wildman–Crippen LogP) is 2.19. The zero-order chi connectivity index (χ0) is 12.4. The molecule has 0 amide bonds. The number of aliphatic imine (C=N–C) groups is 1. The number of hydrogen-bond acceptors (Lipinski definition) is 4. The third-order valence-electron chi connectivity index (χ3n) is 4.56. The maximum atomic E-state index is 4.73. The van der Waals surface area contributed by atoms with Crippen LogP contribution in [0, 0.1) is 11.8 Å². The third-order valence-corrected chi connectivity index (χ3v) is 5.60. The fourth-order valence-electron chi connectivity index (χ4n) is 3.28. The summed E-state index contributed by atoms with van der Waals surface area (Å²) in [5.74, 6) is 5.60. The van der Waals surface area contributed by atoms with Crippen LogP contribution in [0.2, 0.25) is 0 Å². The average molecular weight is 267 g/mol. The van der Waals surface area contributed by atoms with Crippen molar-refractivity contribution in [2.45, 2.75) is 38.6 Å². The molecule has 0 saturated carbocycles. The fourth-order valence-corrected chi connectivity index (χ4v) is 4.49. The molecule has 0 aromatic rings. The lowest BCUT2D eigenvalue weighted by molar-refractivity contribution is 0.210. The van der Waals surface area contributed by atoms with E-state index in [1.807, 2.05) is 0 Å². The van der Waals surface area contributed by atoms with Crippen molar-refractivity contribution >= 4 is 17.7 Å². The summed E-state index contributed by atoms with van der Waals surface area (Å²) in [4.78, 5) is 7.26. The van der Waals surface area contributed by atoms with Crippen molar-refractivity contribution in [2.75, 3.05) is 31.1 Å². The second-order valence-electron chi connectivity index (χ2n) is 6.09. The van der Waals surface area contributed by atoms with Crippen LogP contribution in [0.1, 0.15) is 32.6 Å². The number of guanidine groups is 1. The van der Waals surface area contributed by atoms with Gasteiger partial charge in [-0.3, -0.25) is 4.99 Å². The van der Waals surface area contributed by atoms with Crippen LogP contribution < -0.4 is 5.32 Å². The Morgan fingerprint density at radius 2 is 2.11 bits per heavy atom. The lowest BCUT2D eigenvalue weighted by Gasteiger charge is -2.36. The van der Waals surface area contributed by atoms with Crippen molar-refractivity contribution in [3.05, 3.63) is 0 Å². The van der Waals surface area contributed by atoms with Gasteiger partial charge in [-0.1, -0.05) is 6.92 Å². The van der Waals surface area contributed by atoms with Gasteiger partial charge in [-0.05, 0) is 49.0 Å². The lowest BCUT2D eigenvalue weighted by atomic mass is 9.95. The summed E-state index contributed by atoms with van der Waals surface area (Å²) in [6.45, 7) is 5.73. The smallest absolute Gasteiger partial charge is 0.194 e. The summed E-state index contributed by atoms with van der Waals surface area (Å²) in [5.41, 5.74) is 0. The Kier molecular flexibility index (Phi) is 4.02. The summed E-state index contributed by atoms with van der Waals surface area (Å²) in [6, 6.07) is 0.700. The molecule has 0 aromatic heterocycles. The molecule has 18 heavy (non-hydrogen) atoms. The number of nitrogens with one attached hydrogen (secondary N) is 1. The quantitative estimate of drug-likeness (QED) is 0.831. The number of hydrogen-bond donors (Lipinski definition) is 1. The molecule has 2 atom stereocenters. The number of fused-ring (bicyclic) bond motifs is 1. The molecule has 2 fully saturated rings. The molecule has 102 valence electrons. The van der Waals surface area contributed by atoms with E-state index in [4.69, 9.17) is 4.99 Å². The molecular weight excluding hydrogens is 242 g/mol. The van der Waals surface area contributed by atoms with E-state index in [2.05, 4.69) is 28.9 Å². The fraction of sp³-hybridized carbons (Fsp3) is 0.929. The Morgan fingerprint density at radius 3 is 2.94 bits per heavy atom. The molecule has 3 aliphatic heterocycles. The van der Waals surface area contributed by atoms with Crippen molar-refractivity contribution in [1.29, 1.82) is 0 Å². The molecule has 3 rings (SSSR count). The van der Waals surface area contributed by atoms with Gasteiger partial charge in [0.05, 0.1) is 12.6 Å². The standard InChI is InChI=1S/C14H25N3S/c1-11-2-3-13-9-16-14(17(13)10-11)15-8-12-4-6-18-7-5-12/h11-13H,2-10H2,1H3,(H,15,16). The monoisotopic (exact) mass is 267 g/mol.